The zero-order chi connectivity index (χ0) is 27.6. The Balaban J connectivity index is 1.60. The van der Waals surface area contributed by atoms with Crippen molar-refractivity contribution in [3.8, 4) is 5.69 Å². The van der Waals surface area contributed by atoms with Crippen molar-refractivity contribution in [3.05, 3.63) is 93.5 Å². The number of carboxylic acid groups (broad SMARTS) is 2. The van der Waals surface area contributed by atoms with E-state index in [2.05, 4.69) is 15.6 Å². The van der Waals surface area contributed by atoms with Gasteiger partial charge >= 0.3 is 24.1 Å². The van der Waals surface area contributed by atoms with E-state index >= 15 is 0 Å². The zero-order valence-corrected chi connectivity index (χ0v) is 19.3. The molecule has 0 saturated carbocycles. The monoisotopic (exact) mass is 528 g/mol. The highest BCUT2D eigenvalue weighted by Crippen LogP contribution is 2.36. The number of fused-ring (bicyclic) bond motifs is 1. The van der Waals surface area contributed by atoms with Gasteiger partial charge in [-0.15, -0.1) is 0 Å². The van der Waals surface area contributed by atoms with Crippen LogP contribution in [0.1, 0.15) is 27.2 Å². The number of hydrogen-bond donors (Lipinski definition) is 5. The number of H-pyrrole nitrogens is 1. The molecule has 0 fully saturated rings. The van der Waals surface area contributed by atoms with Crippen LogP contribution < -0.4 is 16.2 Å². The number of aromatic nitrogens is 2. The number of urea groups is 1. The standard InChI is InChI=1S/C25H19F3N4O6/c26-25(27,28)18-11-19-14(9-17(23(36)37)22(35)31-19)10-20(18)32-7-1-2-16(32)12-29-24(38)30-15-5-3-13(4-6-15)8-21(33)34/h1-7,9-11H,8,12H2,(H,31,35)(H,33,34)(H,36,37)(H2,29,30,38). The maximum atomic E-state index is 14.0. The lowest BCUT2D eigenvalue weighted by Crippen LogP contribution is -2.29. The van der Waals surface area contributed by atoms with Crippen molar-refractivity contribution in [1.82, 2.24) is 14.9 Å². The summed E-state index contributed by atoms with van der Waals surface area (Å²) >= 11 is 0. The van der Waals surface area contributed by atoms with Gasteiger partial charge in [0.1, 0.15) is 5.56 Å². The first kappa shape index (κ1) is 26.0. The summed E-state index contributed by atoms with van der Waals surface area (Å²) in [5, 5.41) is 23.2. The highest BCUT2D eigenvalue weighted by Gasteiger charge is 2.35. The van der Waals surface area contributed by atoms with Gasteiger partial charge in [0.15, 0.2) is 0 Å². The quantitative estimate of drug-likeness (QED) is 0.245. The number of nitrogens with one attached hydrogen (secondary N) is 3. The fourth-order valence-electron chi connectivity index (χ4n) is 3.85. The summed E-state index contributed by atoms with van der Waals surface area (Å²) < 4.78 is 43.1. The van der Waals surface area contributed by atoms with Crippen molar-refractivity contribution in [3.63, 3.8) is 0 Å². The third-order valence-corrected chi connectivity index (χ3v) is 5.59. The van der Waals surface area contributed by atoms with Gasteiger partial charge in [-0.3, -0.25) is 9.59 Å². The van der Waals surface area contributed by atoms with Crippen LogP contribution in [0.25, 0.3) is 16.6 Å². The Bertz CT molecular complexity index is 1610. The fourth-order valence-corrected chi connectivity index (χ4v) is 3.85. The van der Waals surface area contributed by atoms with Gasteiger partial charge in [-0.2, -0.15) is 13.2 Å². The molecule has 38 heavy (non-hydrogen) atoms. The van der Waals surface area contributed by atoms with E-state index in [4.69, 9.17) is 5.11 Å². The molecule has 13 heteroatoms. The van der Waals surface area contributed by atoms with E-state index in [0.29, 0.717) is 11.3 Å². The van der Waals surface area contributed by atoms with Gasteiger partial charge in [0.2, 0.25) is 0 Å². The average Bonchev–Trinajstić information content (AvgIpc) is 3.30. The second kappa shape index (κ2) is 10.1. The SMILES string of the molecule is O=C(O)Cc1ccc(NC(=O)NCc2cccn2-c2cc3cc(C(=O)O)c(=O)[nH]c3cc2C(F)(F)F)cc1. The van der Waals surface area contributed by atoms with Gasteiger partial charge in [-0.25, -0.2) is 9.59 Å². The third-order valence-electron chi connectivity index (χ3n) is 5.59. The minimum absolute atomic E-state index is 0.0710. The number of rotatable bonds is 7. The molecular formula is C25H19F3N4O6. The van der Waals surface area contributed by atoms with E-state index in [9.17, 15) is 37.5 Å². The molecule has 0 aliphatic heterocycles. The lowest BCUT2D eigenvalue weighted by atomic mass is 10.1. The number of benzene rings is 2. The summed E-state index contributed by atoms with van der Waals surface area (Å²) in [5.74, 6) is -2.52. The van der Waals surface area contributed by atoms with Gasteiger partial charge in [0.25, 0.3) is 5.56 Å². The van der Waals surface area contributed by atoms with Crippen molar-refractivity contribution >= 4 is 34.6 Å². The van der Waals surface area contributed by atoms with Crippen molar-refractivity contribution in [2.45, 2.75) is 19.1 Å². The topological polar surface area (TPSA) is 154 Å². The van der Waals surface area contributed by atoms with Crippen LogP contribution in [0, 0.1) is 0 Å². The molecule has 2 aromatic carbocycles. The van der Waals surface area contributed by atoms with Crippen molar-refractivity contribution in [1.29, 1.82) is 0 Å². The summed E-state index contributed by atoms with van der Waals surface area (Å²) in [6, 6.07) is 11.3. The molecule has 0 spiro atoms. The Morgan fingerprint density at radius 1 is 1.00 bits per heavy atom. The summed E-state index contributed by atoms with van der Waals surface area (Å²) in [4.78, 5) is 48.6. The van der Waals surface area contributed by atoms with Crippen LogP contribution in [-0.2, 0) is 23.9 Å². The Kier molecular flexibility index (Phi) is 6.93. The minimum Gasteiger partial charge on any atom is -0.481 e. The number of nitrogens with zero attached hydrogens (tertiary/aromatic N) is 1. The van der Waals surface area contributed by atoms with E-state index < -0.39 is 40.8 Å². The Hall–Kier alpha value is -5.07. The first-order chi connectivity index (χ1) is 17.9. The van der Waals surface area contributed by atoms with Crippen molar-refractivity contribution in [2.24, 2.45) is 0 Å². The number of anilines is 1. The van der Waals surface area contributed by atoms with Gasteiger partial charge in [0.05, 0.1) is 24.2 Å². The number of amides is 2. The summed E-state index contributed by atoms with van der Waals surface area (Å²) in [6.07, 6.45) is -3.63. The largest absolute Gasteiger partial charge is 0.481 e. The molecule has 0 radical (unpaired) electrons. The summed E-state index contributed by atoms with van der Waals surface area (Å²) in [6.45, 7) is -0.169. The predicted octanol–water partition coefficient (Wildman–Crippen LogP) is 3.98. The Labute approximate surface area is 211 Å². The number of aromatic amines is 1. The molecule has 2 aromatic heterocycles. The molecule has 0 aliphatic rings. The van der Waals surface area contributed by atoms with Gasteiger partial charge in [-0.05, 0) is 48.0 Å². The van der Waals surface area contributed by atoms with Crippen LogP contribution in [0.2, 0.25) is 0 Å². The minimum atomic E-state index is -4.81. The third kappa shape index (κ3) is 5.67. The number of aromatic carboxylic acids is 1. The highest BCUT2D eigenvalue weighted by atomic mass is 19.4. The molecule has 4 rings (SSSR count). The van der Waals surface area contributed by atoms with Gasteiger partial charge in [0, 0.05) is 28.5 Å². The maximum Gasteiger partial charge on any atom is 0.418 e. The fraction of sp³-hybridized carbons (Fsp3) is 0.120. The number of hydrogen-bond acceptors (Lipinski definition) is 4. The lowest BCUT2D eigenvalue weighted by Gasteiger charge is -2.18. The molecule has 4 aromatic rings. The van der Waals surface area contributed by atoms with E-state index in [-0.39, 0.29) is 35.2 Å². The predicted molar refractivity (Wildman–Crippen MR) is 129 cm³/mol. The number of halogens is 3. The number of pyridine rings is 1. The van der Waals surface area contributed by atoms with E-state index in [0.717, 1.165) is 18.2 Å². The van der Waals surface area contributed by atoms with Crippen molar-refractivity contribution in [2.75, 3.05) is 5.32 Å². The van der Waals surface area contributed by atoms with Crippen LogP contribution in [-0.4, -0.2) is 37.7 Å². The van der Waals surface area contributed by atoms with Gasteiger partial charge < -0.3 is 30.4 Å². The molecule has 10 nitrogen and oxygen atoms in total. The lowest BCUT2D eigenvalue weighted by molar-refractivity contribution is -0.137. The van der Waals surface area contributed by atoms with Crippen molar-refractivity contribution < 1.29 is 37.8 Å². The average molecular weight is 528 g/mol. The summed E-state index contributed by atoms with van der Waals surface area (Å²) in [7, 11) is 0. The molecule has 2 amide bonds. The Morgan fingerprint density at radius 2 is 1.71 bits per heavy atom. The first-order valence-electron chi connectivity index (χ1n) is 11.0. The number of alkyl halides is 3. The van der Waals surface area contributed by atoms with Crippen LogP contribution in [0.3, 0.4) is 0 Å². The molecule has 2 heterocycles. The van der Waals surface area contributed by atoms with E-state index in [1.54, 1.807) is 0 Å². The van der Waals surface area contributed by atoms with Crippen LogP contribution in [0.5, 0.6) is 0 Å². The number of carbonyl (C=O) groups excluding carboxylic acids is 1. The van der Waals surface area contributed by atoms with E-state index in [1.807, 2.05) is 0 Å². The normalized spacial score (nSPS) is 11.3. The van der Waals surface area contributed by atoms with Crippen LogP contribution in [0.4, 0.5) is 23.7 Å². The molecule has 0 aliphatic carbocycles. The molecular weight excluding hydrogens is 509 g/mol. The number of carbonyl (C=O) groups is 3. The Morgan fingerprint density at radius 3 is 2.34 bits per heavy atom. The molecule has 0 saturated heterocycles. The van der Waals surface area contributed by atoms with E-state index in [1.165, 1.54) is 47.2 Å². The molecule has 0 bridgehead atoms. The second-order valence-corrected chi connectivity index (χ2v) is 8.22. The maximum absolute atomic E-state index is 14.0. The smallest absolute Gasteiger partial charge is 0.418 e. The summed E-state index contributed by atoms with van der Waals surface area (Å²) in [5.41, 5.74) is -2.04. The zero-order valence-electron chi connectivity index (χ0n) is 19.3. The van der Waals surface area contributed by atoms with Gasteiger partial charge in [-0.1, -0.05) is 12.1 Å². The number of aliphatic carboxylic acids is 1. The highest BCUT2D eigenvalue weighted by molar-refractivity contribution is 5.93. The molecule has 196 valence electrons. The first-order valence-corrected chi connectivity index (χ1v) is 11.0. The second-order valence-electron chi connectivity index (χ2n) is 8.22. The van der Waals surface area contributed by atoms with Crippen LogP contribution in [0.15, 0.2) is 65.6 Å². The number of carboxylic acids is 2. The molecule has 0 unspecified atom stereocenters. The molecule has 5 N–H and O–H groups in total. The molecule has 0 atom stereocenters. The van der Waals surface area contributed by atoms with Crippen LogP contribution >= 0.6 is 0 Å².